The number of imide groups is 1. The van der Waals surface area contributed by atoms with E-state index in [1.165, 1.54) is 18.2 Å². The van der Waals surface area contributed by atoms with Crippen molar-refractivity contribution < 1.29 is 23.5 Å². The maximum Gasteiger partial charge on any atom is 0.293 e. The Morgan fingerprint density at radius 2 is 2.03 bits per heavy atom. The average Bonchev–Trinajstić information content (AvgIpc) is 3.30. The number of aromatic nitrogens is 1. The SMILES string of the molecule is COc1ccc2cc(C(=O)NCCN3C(=O)S/C(=C\c4ccccc4F)C3=O)[nH]c2c1. The smallest absolute Gasteiger partial charge is 0.293 e. The summed E-state index contributed by atoms with van der Waals surface area (Å²) in [6.45, 7) is 0.0988. The fraction of sp³-hybridized carbons (Fsp3) is 0.136. The summed E-state index contributed by atoms with van der Waals surface area (Å²) >= 11 is 0.748. The molecule has 31 heavy (non-hydrogen) atoms. The number of nitrogens with zero attached hydrogens (tertiary/aromatic N) is 1. The highest BCUT2D eigenvalue weighted by Crippen LogP contribution is 2.32. The largest absolute Gasteiger partial charge is 0.497 e. The lowest BCUT2D eigenvalue weighted by Crippen LogP contribution is -2.37. The van der Waals surface area contributed by atoms with Gasteiger partial charge in [0.1, 0.15) is 17.3 Å². The fourth-order valence-corrected chi connectivity index (χ4v) is 4.01. The summed E-state index contributed by atoms with van der Waals surface area (Å²) < 4.78 is 19.0. The summed E-state index contributed by atoms with van der Waals surface area (Å²) in [6, 6.07) is 13.1. The van der Waals surface area contributed by atoms with E-state index in [9.17, 15) is 18.8 Å². The number of fused-ring (bicyclic) bond motifs is 1. The molecule has 0 bridgehead atoms. The predicted octanol–water partition coefficient (Wildman–Crippen LogP) is 3.78. The Morgan fingerprint density at radius 3 is 2.81 bits per heavy atom. The Bertz CT molecular complexity index is 1220. The van der Waals surface area contributed by atoms with Crippen LogP contribution in [0.5, 0.6) is 5.75 Å². The van der Waals surface area contributed by atoms with Crippen molar-refractivity contribution in [2.75, 3.05) is 20.2 Å². The number of rotatable bonds is 6. The molecular weight excluding hydrogens is 421 g/mol. The zero-order chi connectivity index (χ0) is 22.0. The van der Waals surface area contributed by atoms with Crippen molar-refractivity contribution in [1.82, 2.24) is 15.2 Å². The summed E-state index contributed by atoms with van der Waals surface area (Å²) in [7, 11) is 1.56. The second-order valence-corrected chi connectivity index (χ2v) is 7.74. The van der Waals surface area contributed by atoms with E-state index in [4.69, 9.17) is 4.74 Å². The summed E-state index contributed by atoms with van der Waals surface area (Å²) in [5, 5.41) is 3.09. The molecule has 4 rings (SSSR count). The Morgan fingerprint density at radius 1 is 1.23 bits per heavy atom. The number of aromatic amines is 1. The molecular formula is C22H18FN3O4S. The first kappa shape index (κ1) is 20.7. The number of amides is 3. The van der Waals surface area contributed by atoms with Gasteiger partial charge in [0, 0.05) is 35.6 Å². The highest BCUT2D eigenvalue weighted by atomic mass is 32.2. The molecule has 0 aliphatic carbocycles. The minimum Gasteiger partial charge on any atom is -0.497 e. The molecule has 2 heterocycles. The van der Waals surface area contributed by atoms with Crippen LogP contribution >= 0.6 is 11.8 Å². The van der Waals surface area contributed by atoms with Gasteiger partial charge >= 0.3 is 0 Å². The Labute approximate surface area is 181 Å². The molecule has 1 aromatic heterocycles. The van der Waals surface area contributed by atoms with E-state index in [1.807, 2.05) is 6.07 Å². The molecule has 0 spiro atoms. The quantitative estimate of drug-likeness (QED) is 0.571. The van der Waals surface area contributed by atoms with Gasteiger partial charge in [-0.1, -0.05) is 18.2 Å². The summed E-state index contributed by atoms with van der Waals surface area (Å²) in [5.41, 5.74) is 1.35. The van der Waals surface area contributed by atoms with Crippen LogP contribution in [-0.4, -0.2) is 47.1 Å². The van der Waals surface area contributed by atoms with Crippen LogP contribution in [0.25, 0.3) is 17.0 Å². The molecule has 0 radical (unpaired) electrons. The molecule has 1 fully saturated rings. The molecule has 7 nitrogen and oxygen atoms in total. The normalized spacial score (nSPS) is 15.2. The van der Waals surface area contributed by atoms with Crippen LogP contribution in [0.15, 0.2) is 53.4 Å². The molecule has 3 amide bonds. The summed E-state index contributed by atoms with van der Waals surface area (Å²) in [5.74, 6) is -0.670. The highest BCUT2D eigenvalue weighted by Gasteiger charge is 2.34. The van der Waals surface area contributed by atoms with Gasteiger partial charge in [-0.15, -0.1) is 0 Å². The van der Waals surface area contributed by atoms with Crippen molar-refractivity contribution in [3.8, 4) is 5.75 Å². The van der Waals surface area contributed by atoms with Crippen LogP contribution in [0.1, 0.15) is 16.1 Å². The first-order chi connectivity index (χ1) is 15.0. The van der Waals surface area contributed by atoms with Crippen LogP contribution < -0.4 is 10.1 Å². The molecule has 1 aliphatic rings. The van der Waals surface area contributed by atoms with Crippen molar-refractivity contribution in [3.63, 3.8) is 0 Å². The van der Waals surface area contributed by atoms with Crippen molar-refractivity contribution in [2.45, 2.75) is 0 Å². The molecule has 0 atom stereocenters. The van der Waals surface area contributed by atoms with Gasteiger partial charge < -0.3 is 15.0 Å². The molecule has 2 aromatic carbocycles. The number of hydrogen-bond acceptors (Lipinski definition) is 5. The third kappa shape index (κ3) is 4.31. The van der Waals surface area contributed by atoms with E-state index in [1.54, 1.807) is 37.4 Å². The summed E-state index contributed by atoms with van der Waals surface area (Å²) in [4.78, 5) is 41.3. The summed E-state index contributed by atoms with van der Waals surface area (Å²) in [6.07, 6.45) is 1.36. The second-order valence-electron chi connectivity index (χ2n) is 6.75. The van der Waals surface area contributed by atoms with E-state index < -0.39 is 17.0 Å². The monoisotopic (exact) mass is 439 g/mol. The molecule has 1 saturated heterocycles. The number of H-pyrrole nitrogens is 1. The van der Waals surface area contributed by atoms with Crippen molar-refractivity contribution >= 4 is 45.8 Å². The van der Waals surface area contributed by atoms with Crippen LogP contribution in [0.3, 0.4) is 0 Å². The third-order valence-corrected chi connectivity index (χ3v) is 5.67. The minimum atomic E-state index is -0.509. The van der Waals surface area contributed by atoms with Crippen molar-refractivity contribution in [3.05, 3.63) is 70.5 Å². The molecule has 0 saturated carbocycles. The van der Waals surface area contributed by atoms with Gasteiger partial charge in [0.15, 0.2) is 0 Å². The molecule has 0 unspecified atom stereocenters. The standard InChI is InChI=1S/C22H18FN3O4S/c1-30-15-7-6-14-10-18(25-17(14)12-15)20(27)24-8-9-26-21(28)19(31-22(26)29)11-13-4-2-3-5-16(13)23/h2-7,10-12,25H,8-9H2,1H3,(H,24,27)/b19-11-. The maximum absolute atomic E-state index is 13.8. The zero-order valence-corrected chi connectivity index (χ0v) is 17.3. The molecule has 9 heteroatoms. The number of carbonyl (C=O) groups is 3. The topological polar surface area (TPSA) is 91.5 Å². The van der Waals surface area contributed by atoms with Crippen LogP contribution in [-0.2, 0) is 4.79 Å². The van der Waals surface area contributed by atoms with Crippen LogP contribution in [0.4, 0.5) is 9.18 Å². The maximum atomic E-state index is 13.8. The van der Waals surface area contributed by atoms with Crippen LogP contribution in [0.2, 0.25) is 0 Å². The van der Waals surface area contributed by atoms with E-state index in [0.29, 0.717) is 11.4 Å². The number of hydrogen-bond donors (Lipinski definition) is 2. The van der Waals surface area contributed by atoms with Gasteiger partial charge in [-0.2, -0.15) is 0 Å². The molecule has 3 aromatic rings. The lowest BCUT2D eigenvalue weighted by Gasteiger charge is -2.12. The van der Waals surface area contributed by atoms with Crippen molar-refractivity contribution in [2.24, 2.45) is 0 Å². The van der Waals surface area contributed by atoms with Gasteiger partial charge in [0.05, 0.1) is 12.0 Å². The number of nitrogens with one attached hydrogen (secondary N) is 2. The average molecular weight is 439 g/mol. The Kier molecular flexibility index (Phi) is 5.77. The number of methoxy groups -OCH3 is 1. The molecule has 1 aliphatic heterocycles. The predicted molar refractivity (Wildman–Crippen MR) is 116 cm³/mol. The molecule has 158 valence electrons. The number of carbonyl (C=O) groups excluding carboxylic acids is 3. The zero-order valence-electron chi connectivity index (χ0n) is 16.5. The third-order valence-electron chi connectivity index (χ3n) is 4.76. The van der Waals surface area contributed by atoms with Gasteiger partial charge in [0.2, 0.25) is 0 Å². The van der Waals surface area contributed by atoms with Gasteiger partial charge in [-0.3, -0.25) is 19.3 Å². The van der Waals surface area contributed by atoms with E-state index in [-0.39, 0.29) is 29.5 Å². The number of benzene rings is 2. The fourth-order valence-electron chi connectivity index (χ4n) is 3.16. The van der Waals surface area contributed by atoms with E-state index >= 15 is 0 Å². The van der Waals surface area contributed by atoms with E-state index in [0.717, 1.165) is 27.6 Å². The van der Waals surface area contributed by atoms with Crippen LogP contribution in [0, 0.1) is 5.82 Å². The lowest BCUT2D eigenvalue weighted by atomic mass is 10.2. The number of halogens is 1. The first-order valence-electron chi connectivity index (χ1n) is 9.41. The minimum absolute atomic E-state index is 0.0130. The van der Waals surface area contributed by atoms with Gasteiger partial charge in [-0.05, 0) is 42.1 Å². The van der Waals surface area contributed by atoms with Crippen molar-refractivity contribution in [1.29, 1.82) is 0 Å². The highest BCUT2D eigenvalue weighted by molar-refractivity contribution is 8.18. The Balaban J connectivity index is 1.38. The van der Waals surface area contributed by atoms with E-state index in [2.05, 4.69) is 10.3 Å². The molecule has 2 N–H and O–H groups in total. The van der Waals surface area contributed by atoms with Gasteiger partial charge in [-0.25, -0.2) is 4.39 Å². The number of thioether (sulfide) groups is 1. The number of ether oxygens (including phenoxy) is 1. The Hall–Kier alpha value is -3.59. The first-order valence-corrected chi connectivity index (χ1v) is 10.2. The lowest BCUT2D eigenvalue weighted by molar-refractivity contribution is -0.122. The van der Waals surface area contributed by atoms with Gasteiger partial charge in [0.25, 0.3) is 17.1 Å². The second kappa shape index (κ2) is 8.65.